The monoisotopic (exact) mass is 262 g/mol. The zero-order valence-corrected chi connectivity index (χ0v) is 10.9. The van der Waals surface area contributed by atoms with Gasteiger partial charge in [-0.1, -0.05) is 24.3 Å². The van der Waals surface area contributed by atoms with Crippen molar-refractivity contribution in [2.45, 2.75) is 25.3 Å². The second-order valence-corrected chi connectivity index (χ2v) is 4.91. The van der Waals surface area contributed by atoms with E-state index in [-0.39, 0.29) is 18.6 Å². The van der Waals surface area contributed by atoms with Crippen molar-refractivity contribution in [2.24, 2.45) is 0 Å². The van der Waals surface area contributed by atoms with Gasteiger partial charge in [-0.15, -0.1) is 0 Å². The van der Waals surface area contributed by atoms with Crippen LogP contribution in [0.1, 0.15) is 17.5 Å². The van der Waals surface area contributed by atoms with E-state index in [4.69, 9.17) is 5.11 Å². The maximum Gasteiger partial charge on any atom is 0.323 e. The number of nitrogens with zero attached hydrogens (tertiary/aromatic N) is 1. The van der Waals surface area contributed by atoms with Crippen LogP contribution < -0.4 is 5.32 Å². The standard InChI is InChI=1S/C14H18N2O3/c1-16(9-13(17)18)14(19)15-12-7-6-10-4-2-3-5-11(10)8-12/h2-5,12H,6-9H2,1H3,(H,15,19)(H,17,18). The third-order valence-corrected chi connectivity index (χ3v) is 3.39. The molecule has 1 unspecified atom stereocenters. The number of carbonyl (C=O) groups is 2. The Balaban J connectivity index is 1.91. The molecule has 5 heteroatoms. The predicted octanol–water partition coefficient (Wildman–Crippen LogP) is 1.27. The summed E-state index contributed by atoms with van der Waals surface area (Å²) in [5.41, 5.74) is 2.60. The topological polar surface area (TPSA) is 69.6 Å². The number of fused-ring (bicyclic) bond motifs is 1. The largest absolute Gasteiger partial charge is 0.480 e. The van der Waals surface area contributed by atoms with Gasteiger partial charge in [-0.25, -0.2) is 4.79 Å². The van der Waals surface area contributed by atoms with Gasteiger partial charge in [0.15, 0.2) is 0 Å². The maximum atomic E-state index is 11.8. The van der Waals surface area contributed by atoms with Crippen LogP contribution in [0.3, 0.4) is 0 Å². The minimum Gasteiger partial charge on any atom is -0.480 e. The van der Waals surface area contributed by atoms with E-state index in [9.17, 15) is 9.59 Å². The van der Waals surface area contributed by atoms with Gasteiger partial charge in [0.2, 0.25) is 0 Å². The number of rotatable bonds is 3. The van der Waals surface area contributed by atoms with Crippen molar-refractivity contribution in [3.8, 4) is 0 Å². The molecular weight excluding hydrogens is 244 g/mol. The normalized spacial score (nSPS) is 17.4. The van der Waals surface area contributed by atoms with Crippen LogP contribution in [0.5, 0.6) is 0 Å². The third-order valence-electron chi connectivity index (χ3n) is 3.39. The average Bonchev–Trinajstić information content (AvgIpc) is 2.37. The first-order chi connectivity index (χ1) is 9.06. The second-order valence-electron chi connectivity index (χ2n) is 4.91. The summed E-state index contributed by atoms with van der Waals surface area (Å²) < 4.78 is 0. The number of carboxylic acids is 1. The number of aliphatic carboxylic acids is 1. The van der Waals surface area contributed by atoms with Gasteiger partial charge in [0.05, 0.1) is 0 Å². The lowest BCUT2D eigenvalue weighted by Gasteiger charge is -2.27. The zero-order chi connectivity index (χ0) is 13.8. The van der Waals surface area contributed by atoms with Crippen LogP contribution in [-0.4, -0.2) is 41.6 Å². The van der Waals surface area contributed by atoms with E-state index in [0.29, 0.717) is 0 Å². The van der Waals surface area contributed by atoms with E-state index in [1.807, 2.05) is 12.1 Å². The Morgan fingerprint density at radius 2 is 2.05 bits per heavy atom. The van der Waals surface area contributed by atoms with E-state index in [2.05, 4.69) is 17.4 Å². The van der Waals surface area contributed by atoms with Crippen LogP contribution in [0.4, 0.5) is 4.79 Å². The van der Waals surface area contributed by atoms with E-state index in [0.717, 1.165) is 19.3 Å². The quantitative estimate of drug-likeness (QED) is 0.862. The van der Waals surface area contributed by atoms with Crippen molar-refractivity contribution in [1.82, 2.24) is 10.2 Å². The number of likely N-dealkylation sites (N-methyl/N-ethyl adjacent to an activating group) is 1. The molecule has 2 N–H and O–H groups in total. The van der Waals surface area contributed by atoms with Crippen molar-refractivity contribution < 1.29 is 14.7 Å². The summed E-state index contributed by atoms with van der Waals surface area (Å²) in [4.78, 5) is 23.5. The van der Waals surface area contributed by atoms with Crippen LogP contribution in [0.25, 0.3) is 0 Å². The van der Waals surface area contributed by atoms with Crippen molar-refractivity contribution in [1.29, 1.82) is 0 Å². The summed E-state index contributed by atoms with van der Waals surface area (Å²) in [6.45, 7) is -0.283. The van der Waals surface area contributed by atoms with Crippen LogP contribution in [0.15, 0.2) is 24.3 Å². The molecule has 0 bridgehead atoms. The van der Waals surface area contributed by atoms with Crippen molar-refractivity contribution >= 4 is 12.0 Å². The molecule has 0 spiro atoms. The number of nitrogens with one attached hydrogen (secondary N) is 1. The van der Waals surface area contributed by atoms with Gasteiger partial charge < -0.3 is 15.3 Å². The Labute approximate surface area is 112 Å². The Hall–Kier alpha value is -2.04. The van der Waals surface area contributed by atoms with Crippen LogP contribution >= 0.6 is 0 Å². The highest BCUT2D eigenvalue weighted by atomic mass is 16.4. The molecule has 2 rings (SSSR count). The highest BCUT2D eigenvalue weighted by molar-refractivity contribution is 5.80. The minimum atomic E-state index is -1.01. The smallest absolute Gasteiger partial charge is 0.323 e. The number of urea groups is 1. The first-order valence-corrected chi connectivity index (χ1v) is 6.36. The Morgan fingerprint density at radius 1 is 1.37 bits per heavy atom. The molecule has 0 aromatic heterocycles. The third kappa shape index (κ3) is 3.47. The molecule has 0 fully saturated rings. The lowest BCUT2D eigenvalue weighted by atomic mass is 9.88. The first-order valence-electron chi connectivity index (χ1n) is 6.36. The number of amides is 2. The Bertz CT molecular complexity index is 487. The van der Waals surface area contributed by atoms with Crippen molar-refractivity contribution in [3.63, 3.8) is 0 Å². The highest BCUT2D eigenvalue weighted by Crippen LogP contribution is 2.21. The Kier molecular flexibility index (Phi) is 4.04. The summed E-state index contributed by atoms with van der Waals surface area (Å²) in [6, 6.07) is 7.97. The van der Waals surface area contributed by atoms with Crippen LogP contribution in [0.2, 0.25) is 0 Å². The first kappa shape index (κ1) is 13.4. The summed E-state index contributed by atoms with van der Waals surface area (Å²) in [6.07, 6.45) is 2.65. The number of hydrogen-bond donors (Lipinski definition) is 2. The fourth-order valence-corrected chi connectivity index (χ4v) is 2.38. The van der Waals surface area contributed by atoms with E-state index < -0.39 is 5.97 Å². The fourth-order valence-electron chi connectivity index (χ4n) is 2.38. The van der Waals surface area contributed by atoms with Crippen LogP contribution in [-0.2, 0) is 17.6 Å². The van der Waals surface area contributed by atoms with Gasteiger partial charge in [-0.2, -0.15) is 0 Å². The van der Waals surface area contributed by atoms with E-state index >= 15 is 0 Å². The molecule has 2 amide bonds. The van der Waals surface area contributed by atoms with Gasteiger partial charge in [-0.05, 0) is 30.4 Å². The lowest BCUT2D eigenvalue weighted by molar-refractivity contribution is -0.137. The van der Waals surface area contributed by atoms with Crippen LogP contribution in [0, 0.1) is 0 Å². The molecule has 19 heavy (non-hydrogen) atoms. The molecule has 0 radical (unpaired) electrons. The van der Waals surface area contributed by atoms with Crippen molar-refractivity contribution in [3.05, 3.63) is 35.4 Å². The van der Waals surface area contributed by atoms with Gasteiger partial charge in [-0.3, -0.25) is 4.79 Å². The molecule has 0 heterocycles. The van der Waals surface area contributed by atoms with E-state index in [1.165, 1.54) is 23.1 Å². The van der Waals surface area contributed by atoms with Gasteiger partial charge in [0.25, 0.3) is 0 Å². The molecular formula is C14H18N2O3. The van der Waals surface area contributed by atoms with Gasteiger partial charge >= 0.3 is 12.0 Å². The molecule has 1 atom stereocenters. The number of hydrogen-bond acceptors (Lipinski definition) is 2. The second kappa shape index (κ2) is 5.73. The number of aryl methyl sites for hydroxylation is 1. The van der Waals surface area contributed by atoms with Crippen molar-refractivity contribution in [2.75, 3.05) is 13.6 Å². The molecule has 1 aliphatic rings. The fraction of sp³-hybridized carbons (Fsp3) is 0.429. The Morgan fingerprint density at radius 3 is 2.74 bits per heavy atom. The zero-order valence-electron chi connectivity index (χ0n) is 10.9. The molecule has 1 aromatic rings. The summed E-state index contributed by atoms with van der Waals surface area (Å²) in [7, 11) is 1.49. The lowest BCUT2D eigenvalue weighted by Crippen LogP contribution is -2.46. The molecule has 1 aromatic carbocycles. The molecule has 0 saturated heterocycles. The predicted molar refractivity (Wildman–Crippen MR) is 71.1 cm³/mol. The van der Waals surface area contributed by atoms with Gasteiger partial charge in [0.1, 0.15) is 6.54 Å². The highest BCUT2D eigenvalue weighted by Gasteiger charge is 2.21. The maximum absolute atomic E-state index is 11.8. The molecule has 0 saturated carbocycles. The number of carboxylic acid groups (broad SMARTS) is 1. The summed E-state index contributed by atoms with van der Waals surface area (Å²) in [5, 5.41) is 11.5. The van der Waals surface area contributed by atoms with E-state index in [1.54, 1.807) is 0 Å². The summed E-state index contributed by atoms with van der Waals surface area (Å²) >= 11 is 0. The summed E-state index contributed by atoms with van der Waals surface area (Å²) in [5.74, 6) is -1.01. The van der Waals surface area contributed by atoms with Gasteiger partial charge in [0, 0.05) is 13.1 Å². The molecule has 5 nitrogen and oxygen atoms in total. The molecule has 1 aliphatic carbocycles. The number of benzene rings is 1. The molecule has 102 valence electrons. The molecule has 0 aliphatic heterocycles. The minimum absolute atomic E-state index is 0.0821. The SMILES string of the molecule is CN(CC(=O)O)C(=O)NC1CCc2ccccc2C1. The number of carbonyl (C=O) groups excluding carboxylic acids is 1. The average molecular weight is 262 g/mol.